The van der Waals surface area contributed by atoms with Gasteiger partial charge in [-0.15, -0.1) is 0 Å². The van der Waals surface area contributed by atoms with Gasteiger partial charge in [0.1, 0.15) is 39.9 Å². The molecule has 0 spiro atoms. The van der Waals surface area contributed by atoms with Crippen LogP contribution in [0.1, 0.15) is 20.7 Å². The molecule has 224 valence electrons. The third-order valence-electron chi connectivity index (χ3n) is 6.38. The highest BCUT2D eigenvalue weighted by Gasteiger charge is 2.22. The first kappa shape index (κ1) is 30.5. The van der Waals surface area contributed by atoms with E-state index in [-0.39, 0.29) is 39.7 Å². The first-order chi connectivity index (χ1) is 20.8. The summed E-state index contributed by atoms with van der Waals surface area (Å²) in [4.78, 5) is 25.8. The molecule has 43 heavy (non-hydrogen) atoms. The largest absolute Gasteiger partial charge is 0.496 e. The van der Waals surface area contributed by atoms with Crippen molar-refractivity contribution in [2.45, 2.75) is 0 Å². The zero-order valence-corrected chi connectivity index (χ0v) is 24.3. The zero-order valence-electron chi connectivity index (χ0n) is 24.3. The van der Waals surface area contributed by atoms with Crippen molar-refractivity contribution in [3.63, 3.8) is 0 Å². The Bertz CT molecular complexity index is 1630. The summed E-state index contributed by atoms with van der Waals surface area (Å²) in [5, 5.41) is 0. The second-order valence-electron chi connectivity index (χ2n) is 8.76. The average molecular weight is 593 g/mol. The minimum atomic E-state index is -0.776. The fraction of sp³-hybridized carbons (Fsp3) is 0.188. The molecule has 0 aromatic heterocycles. The second kappa shape index (κ2) is 13.5. The van der Waals surface area contributed by atoms with Crippen molar-refractivity contribution in [2.75, 3.05) is 42.7 Å². The van der Waals surface area contributed by atoms with Gasteiger partial charge in [-0.3, -0.25) is 0 Å². The molecule has 0 saturated carbocycles. The number of benzene rings is 4. The van der Waals surface area contributed by atoms with Gasteiger partial charge in [0.2, 0.25) is 0 Å². The van der Waals surface area contributed by atoms with Crippen molar-refractivity contribution in [1.82, 2.24) is 0 Å². The number of hydrogen-bond donors (Lipinski definition) is 0. The predicted molar refractivity (Wildman–Crippen MR) is 154 cm³/mol. The molecule has 4 aromatic rings. The molecule has 0 aliphatic rings. The van der Waals surface area contributed by atoms with Gasteiger partial charge in [0, 0.05) is 35.9 Å². The van der Waals surface area contributed by atoms with E-state index in [1.165, 1.54) is 91.2 Å². The first-order valence-electron chi connectivity index (χ1n) is 12.7. The maximum Gasteiger partial charge on any atom is 0.347 e. The molecule has 0 heterocycles. The zero-order chi connectivity index (χ0) is 31.1. The summed E-state index contributed by atoms with van der Waals surface area (Å²) < 4.78 is 57.6. The van der Waals surface area contributed by atoms with Crippen LogP contribution in [0.4, 0.5) is 4.39 Å². The maximum absolute atomic E-state index is 15.1. The van der Waals surface area contributed by atoms with Crippen molar-refractivity contribution in [3.8, 4) is 57.1 Å². The van der Waals surface area contributed by atoms with Gasteiger partial charge in [-0.1, -0.05) is 12.1 Å². The van der Waals surface area contributed by atoms with Crippen molar-refractivity contribution in [3.05, 3.63) is 83.7 Å². The third-order valence-corrected chi connectivity index (χ3v) is 6.38. The van der Waals surface area contributed by atoms with Gasteiger partial charge >= 0.3 is 11.9 Å². The van der Waals surface area contributed by atoms with Crippen LogP contribution in [0.3, 0.4) is 0 Å². The summed E-state index contributed by atoms with van der Waals surface area (Å²) in [7, 11) is 8.62. The molecular weight excluding hydrogens is 563 g/mol. The Kier molecular flexibility index (Phi) is 9.56. The van der Waals surface area contributed by atoms with Crippen LogP contribution in [0.2, 0.25) is 0 Å². The summed E-state index contributed by atoms with van der Waals surface area (Å²) in [6, 6.07) is 16.1. The quantitative estimate of drug-likeness (QED) is 0.152. The Hall–Kier alpha value is -5.45. The Balaban J connectivity index is 1.50. The summed E-state index contributed by atoms with van der Waals surface area (Å²) in [5.74, 6) is -0.0567. The van der Waals surface area contributed by atoms with Crippen molar-refractivity contribution in [2.24, 2.45) is 0 Å². The number of halogens is 1. The van der Waals surface area contributed by atoms with E-state index in [9.17, 15) is 9.59 Å². The van der Waals surface area contributed by atoms with Crippen LogP contribution >= 0.6 is 0 Å². The second-order valence-corrected chi connectivity index (χ2v) is 8.76. The number of carbonyl (C=O) groups excluding carboxylic acids is 2. The number of rotatable bonds is 11. The van der Waals surface area contributed by atoms with E-state index < -0.39 is 17.8 Å². The summed E-state index contributed by atoms with van der Waals surface area (Å²) in [6.45, 7) is 0. The molecule has 0 atom stereocenters. The molecule has 0 bridgehead atoms. The van der Waals surface area contributed by atoms with Crippen molar-refractivity contribution < 1.29 is 51.9 Å². The van der Waals surface area contributed by atoms with Gasteiger partial charge in [-0.25, -0.2) is 14.0 Å². The van der Waals surface area contributed by atoms with E-state index in [0.717, 1.165) is 6.07 Å². The van der Waals surface area contributed by atoms with Gasteiger partial charge in [0.25, 0.3) is 0 Å². The molecular formula is C32H29FO10. The van der Waals surface area contributed by atoms with Crippen LogP contribution in [0.25, 0.3) is 11.1 Å². The fourth-order valence-electron chi connectivity index (χ4n) is 4.20. The predicted octanol–water partition coefficient (Wildman–Crippen LogP) is 5.98. The van der Waals surface area contributed by atoms with E-state index in [1.807, 2.05) is 0 Å². The van der Waals surface area contributed by atoms with E-state index in [0.29, 0.717) is 28.6 Å². The van der Waals surface area contributed by atoms with Gasteiger partial charge < -0.3 is 37.9 Å². The van der Waals surface area contributed by atoms with Crippen LogP contribution in [0.5, 0.6) is 46.0 Å². The van der Waals surface area contributed by atoms with Gasteiger partial charge in [-0.2, -0.15) is 0 Å². The maximum atomic E-state index is 15.1. The Morgan fingerprint density at radius 1 is 0.488 bits per heavy atom. The number of carbonyl (C=O) groups is 2. The smallest absolute Gasteiger partial charge is 0.347 e. The normalized spacial score (nSPS) is 10.4. The first-order valence-corrected chi connectivity index (χ1v) is 12.7. The van der Waals surface area contributed by atoms with Crippen LogP contribution in [-0.4, -0.2) is 54.6 Å². The molecule has 11 heteroatoms. The lowest BCUT2D eigenvalue weighted by molar-refractivity contribution is 0.0720. The Labute approximate surface area is 247 Å². The summed E-state index contributed by atoms with van der Waals surface area (Å²) in [6.07, 6.45) is 0. The van der Waals surface area contributed by atoms with Crippen LogP contribution in [0, 0.1) is 5.82 Å². The van der Waals surface area contributed by atoms with Crippen LogP contribution in [-0.2, 0) is 0 Å². The number of ether oxygens (including phenoxy) is 8. The van der Waals surface area contributed by atoms with Crippen LogP contribution < -0.4 is 37.9 Å². The Morgan fingerprint density at radius 3 is 1.30 bits per heavy atom. The molecule has 0 saturated heterocycles. The number of esters is 2. The fourth-order valence-corrected chi connectivity index (χ4v) is 4.20. The SMILES string of the molecule is COc1cc(OC)c(C(=O)Oc2ccc(-c3ccc(OC(=O)c4cc(OC)c(OC)cc4OC)cc3F)cc2)cc1OC. The molecule has 10 nitrogen and oxygen atoms in total. The van der Waals surface area contributed by atoms with Crippen molar-refractivity contribution in [1.29, 1.82) is 0 Å². The van der Waals surface area contributed by atoms with E-state index in [1.54, 1.807) is 12.1 Å². The molecule has 0 amide bonds. The molecule has 4 rings (SSSR count). The molecule has 0 unspecified atom stereocenters. The topological polar surface area (TPSA) is 108 Å². The molecule has 0 N–H and O–H groups in total. The average Bonchev–Trinajstić information content (AvgIpc) is 3.03. The molecule has 0 fully saturated rings. The third kappa shape index (κ3) is 6.56. The van der Waals surface area contributed by atoms with E-state index in [2.05, 4.69) is 0 Å². The lowest BCUT2D eigenvalue weighted by Crippen LogP contribution is -2.11. The lowest BCUT2D eigenvalue weighted by atomic mass is 10.0. The van der Waals surface area contributed by atoms with E-state index >= 15 is 4.39 Å². The lowest BCUT2D eigenvalue weighted by Gasteiger charge is -2.14. The van der Waals surface area contributed by atoms with Gasteiger partial charge in [0.05, 0.1) is 42.7 Å². The molecule has 0 aliphatic carbocycles. The van der Waals surface area contributed by atoms with Crippen molar-refractivity contribution >= 4 is 11.9 Å². The van der Waals surface area contributed by atoms with Gasteiger partial charge in [0.15, 0.2) is 23.0 Å². The minimum Gasteiger partial charge on any atom is -0.496 e. The molecule has 4 aromatic carbocycles. The molecule has 0 aliphatic heterocycles. The highest BCUT2D eigenvalue weighted by Crippen LogP contribution is 2.37. The standard InChI is InChI=1S/C32H29FO10/c1-36-25-16-29(40-5)27(38-3)14-22(25)31(34)42-19-9-7-18(8-10-19)21-12-11-20(13-24(21)33)43-32(35)23-15-28(39-4)30(41-6)17-26(23)37-2/h7-17H,1-6H3. The van der Waals surface area contributed by atoms with E-state index in [4.69, 9.17) is 37.9 Å². The van der Waals surface area contributed by atoms with Crippen LogP contribution in [0.15, 0.2) is 66.7 Å². The summed E-state index contributed by atoms with van der Waals surface area (Å²) >= 11 is 0. The van der Waals surface area contributed by atoms with Gasteiger partial charge in [-0.05, 0) is 29.8 Å². The highest BCUT2D eigenvalue weighted by atomic mass is 19.1. The summed E-state index contributed by atoms with van der Waals surface area (Å²) in [5.41, 5.74) is 0.940. The number of methoxy groups -OCH3 is 6. The monoisotopic (exact) mass is 592 g/mol. The Morgan fingerprint density at radius 2 is 0.884 bits per heavy atom. The molecule has 0 radical (unpaired) electrons. The highest BCUT2D eigenvalue weighted by molar-refractivity contribution is 5.96. The number of hydrogen-bond acceptors (Lipinski definition) is 10. The minimum absolute atomic E-state index is 0.0162.